The standard InChI is InChI=1S/C17H25F3N4O/c1-3-16(6-4-7-16)11-24-15(21-2)23-10-13-5-8-22-14(9-13)25-12-17(18,19)20/h5,8-9H,3-4,6-7,10-12H2,1-2H3,(H2,21,23,24). The van der Waals surface area contributed by atoms with E-state index in [4.69, 9.17) is 0 Å². The lowest BCUT2D eigenvalue weighted by molar-refractivity contribution is -0.154. The zero-order valence-corrected chi connectivity index (χ0v) is 14.6. The van der Waals surface area contributed by atoms with Gasteiger partial charge in [-0.25, -0.2) is 4.98 Å². The van der Waals surface area contributed by atoms with E-state index in [1.165, 1.54) is 31.5 Å². The van der Waals surface area contributed by atoms with Crippen LogP contribution in [0.2, 0.25) is 0 Å². The zero-order chi connectivity index (χ0) is 18.3. The van der Waals surface area contributed by atoms with Gasteiger partial charge in [-0.15, -0.1) is 0 Å². The van der Waals surface area contributed by atoms with Gasteiger partial charge in [0.2, 0.25) is 5.88 Å². The van der Waals surface area contributed by atoms with Gasteiger partial charge in [-0.05, 0) is 36.3 Å². The molecular formula is C17H25F3N4O. The number of nitrogens with zero attached hydrogens (tertiary/aromatic N) is 2. The summed E-state index contributed by atoms with van der Waals surface area (Å²) in [6.07, 6.45) is 1.94. The molecule has 0 saturated heterocycles. The van der Waals surface area contributed by atoms with Gasteiger partial charge in [-0.3, -0.25) is 4.99 Å². The molecule has 1 saturated carbocycles. The second-order valence-electron chi connectivity index (χ2n) is 6.39. The van der Waals surface area contributed by atoms with E-state index >= 15 is 0 Å². The van der Waals surface area contributed by atoms with Crippen LogP contribution in [0.1, 0.15) is 38.2 Å². The van der Waals surface area contributed by atoms with Gasteiger partial charge < -0.3 is 15.4 Å². The number of aromatic nitrogens is 1. The van der Waals surface area contributed by atoms with E-state index in [1.807, 2.05) is 0 Å². The molecule has 0 atom stereocenters. The minimum Gasteiger partial charge on any atom is -0.468 e. The molecule has 1 aromatic heterocycles. The first kappa shape index (κ1) is 19.3. The zero-order valence-electron chi connectivity index (χ0n) is 14.6. The summed E-state index contributed by atoms with van der Waals surface area (Å²) in [5.74, 6) is 0.633. The van der Waals surface area contributed by atoms with Crippen LogP contribution in [0.15, 0.2) is 23.3 Å². The number of pyridine rings is 1. The number of nitrogens with one attached hydrogen (secondary N) is 2. The van der Waals surface area contributed by atoms with Crippen LogP contribution in [0.4, 0.5) is 13.2 Å². The van der Waals surface area contributed by atoms with Gasteiger partial charge in [-0.2, -0.15) is 13.2 Å². The molecule has 0 radical (unpaired) electrons. The van der Waals surface area contributed by atoms with Crippen LogP contribution in [-0.4, -0.2) is 37.3 Å². The molecule has 1 heterocycles. The SMILES string of the molecule is CCC1(CNC(=NC)NCc2ccnc(OCC(F)(F)F)c2)CCC1. The molecule has 1 aliphatic carbocycles. The van der Waals surface area contributed by atoms with Crippen LogP contribution >= 0.6 is 0 Å². The van der Waals surface area contributed by atoms with E-state index in [0.717, 1.165) is 18.5 Å². The maximum atomic E-state index is 12.2. The second-order valence-corrected chi connectivity index (χ2v) is 6.39. The van der Waals surface area contributed by atoms with Gasteiger partial charge in [0.05, 0.1) is 0 Å². The minimum absolute atomic E-state index is 0.0426. The molecule has 25 heavy (non-hydrogen) atoms. The summed E-state index contributed by atoms with van der Waals surface area (Å²) >= 11 is 0. The first-order valence-corrected chi connectivity index (χ1v) is 8.45. The Morgan fingerprint density at radius 2 is 2.12 bits per heavy atom. The molecule has 0 aromatic carbocycles. The molecular weight excluding hydrogens is 333 g/mol. The summed E-state index contributed by atoms with van der Waals surface area (Å²) in [4.78, 5) is 7.98. The van der Waals surface area contributed by atoms with Crippen molar-refractivity contribution in [2.45, 2.75) is 45.3 Å². The number of hydrogen-bond donors (Lipinski definition) is 2. The number of aliphatic imine (C=N–C) groups is 1. The fraction of sp³-hybridized carbons (Fsp3) is 0.647. The molecule has 0 aliphatic heterocycles. The van der Waals surface area contributed by atoms with Crippen molar-refractivity contribution in [2.75, 3.05) is 20.2 Å². The molecule has 2 N–H and O–H groups in total. The summed E-state index contributed by atoms with van der Waals surface area (Å²) in [7, 11) is 1.69. The van der Waals surface area contributed by atoms with Gasteiger partial charge in [0.15, 0.2) is 12.6 Å². The highest BCUT2D eigenvalue weighted by Crippen LogP contribution is 2.42. The number of alkyl halides is 3. The van der Waals surface area contributed by atoms with Crippen LogP contribution in [-0.2, 0) is 6.54 Å². The predicted molar refractivity (Wildman–Crippen MR) is 90.6 cm³/mol. The van der Waals surface area contributed by atoms with E-state index < -0.39 is 12.8 Å². The highest BCUT2D eigenvalue weighted by molar-refractivity contribution is 5.79. The van der Waals surface area contributed by atoms with Crippen molar-refractivity contribution in [2.24, 2.45) is 10.4 Å². The van der Waals surface area contributed by atoms with Crippen LogP contribution in [0.3, 0.4) is 0 Å². The van der Waals surface area contributed by atoms with E-state index in [-0.39, 0.29) is 5.88 Å². The lowest BCUT2D eigenvalue weighted by Gasteiger charge is -2.41. The van der Waals surface area contributed by atoms with E-state index in [9.17, 15) is 13.2 Å². The highest BCUT2D eigenvalue weighted by atomic mass is 19.4. The number of hydrogen-bond acceptors (Lipinski definition) is 3. The second kappa shape index (κ2) is 8.40. The summed E-state index contributed by atoms with van der Waals surface area (Å²) in [6.45, 7) is 2.15. The first-order valence-electron chi connectivity index (χ1n) is 8.45. The Hall–Kier alpha value is -1.99. The first-order chi connectivity index (χ1) is 11.9. The highest BCUT2D eigenvalue weighted by Gasteiger charge is 2.34. The lowest BCUT2D eigenvalue weighted by Crippen LogP contribution is -2.46. The Kier molecular flexibility index (Phi) is 6.50. The molecule has 1 aromatic rings. The molecule has 8 heteroatoms. The van der Waals surface area contributed by atoms with Gasteiger partial charge >= 0.3 is 6.18 Å². The van der Waals surface area contributed by atoms with E-state index in [0.29, 0.717) is 17.9 Å². The molecule has 0 spiro atoms. The normalized spacial score (nSPS) is 16.9. The summed E-state index contributed by atoms with van der Waals surface area (Å²) < 4.78 is 41.3. The van der Waals surface area contributed by atoms with Crippen molar-refractivity contribution in [1.29, 1.82) is 0 Å². The van der Waals surface area contributed by atoms with E-state index in [2.05, 4.69) is 32.3 Å². The summed E-state index contributed by atoms with van der Waals surface area (Å²) in [5, 5.41) is 6.50. The third kappa shape index (κ3) is 6.10. The Labute approximate surface area is 146 Å². The Bertz CT molecular complexity index is 580. The molecule has 5 nitrogen and oxygen atoms in total. The van der Waals surface area contributed by atoms with E-state index in [1.54, 1.807) is 13.1 Å². The average Bonchev–Trinajstić information content (AvgIpc) is 2.55. The third-order valence-electron chi connectivity index (χ3n) is 4.66. The fourth-order valence-corrected chi connectivity index (χ4v) is 2.80. The van der Waals surface area contributed by atoms with Crippen LogP contribution < -0.4 is 15.4 Å². The molecule has 140 valence electrons. The molecule has 1 aliphatic rings. The largest absolute Gasteiger partial charge is 0.468 e. The van der Waals surface area contributed by atoms with Gasteiger partial charge in [-0.1, -0.05) is 13.3 Å². The Morgan fingerprint density at radius 3 is 2.68 bits per heavy atom. The number of rotatable bonds is 7. The van der Waals surface area contributed by atoms with Crippen molar-refractivity contribution in [3.63, 3.8) is 0 Å². The molecule has 0 bridgehead atoms. The number of halogens is 3. The van der Waals surface area contributed by atoms with Crippen molar-refractivity contribution in [1.82, 2.24) is 15.6 Å². The van der Waals surface area contributed by atoms with Gasteiger partial charge in [0.25, 0.3) is 0 Å². The van der Waals surface area contributed by atoms with Crippen LogP contribution in [0, 0.1) is 5.41 Å². The molecule has 1 fully saturated rings. The Morgan fingerprint density at radius 1 is 1.36 bits per heavy atom. The number of guanidine groups is 1. The number of ether oxygens (including phenoxy) is 1. The van der Waals surface area contributed by atoms with Crippen molar-refractivity contribution in [3.8, 4) is 5.88 Å². The summed E-state index contributed by atoms with van der Waals surface area (Å²) in [5.41, 5.74) is 1.14. The minimum atomic E-state index is -4.38. The molecule has 0 amide bonds. The lowest BCUT2D eigenvalue weighted by atomic mass is 9.67. The third-order valence-corrected chi connectivity index (χ3v) is 4.66. The topological polar surface area (TPSA) is 58.5 Å². The Balaban J connectivity index is 1.82. The monoisotopic (exact) mass is 358 g/mol. The van der Waals surface area contributed by atoms with Crippen molar-refractivity contribution < 1.29 is 17.9 Å². The quantitative estimate of drug-likeness (QED) is 0.580. The van der Waals surface area contributed by atoms with Gasteiger partial charge in [0.1, 0.15) is 0 Å². The maximum absolute atomic E-state index is 12.2. The summed E-state index contributed by atoms with van der Waals surface area (Å²) in [6, 6.07) is 3.21. The average molecular weight is 358 g/mol. The van der Waals surface area contributed by atoms with Crippen LogP contribution in [0.5, 0.6) is 5.88 Å². The smallest absolute Gasteiger partial charge is 0.422 e. The van der Waals surface area contributed by atoms with Crippen LogP contribution in [0.25, 0.3) is 0 Å². The fourth-order valence-electron chi connectivity index (χ4n) is 2.80. The van der Waals surface area contributed by atoms with Crippen molar-refractivity contribution >= 4 is 5.96 Å². The molecule has 2 rings (SSSR count). The van der Waals surface area contributed by atoms with Crippen molar-refractivity contribution in [3.05, 3.63) is 23.9 Å². The molecule has 0 unspecified atom stereocenters. The van der Waals surface area contributed by atoms with Gasteiger partial charge in [0, 0.05) is 32.4 Å². The maximum Gasteiger partial charge on any atom is 0.422 e. The predicted octanol–water partition coefficient (Wildman–Crippen LogP) is 3.27.